The number of hydrogen-bond donors (Lipinski definition) is 2. The molecule has 94 valence electrons. The Kier molecular flexibility index (Phi) is 6.92. The molecule has 5 nitrogen and oxygen atoms in total. The lowest BCUT2D eigenvalue weighted by Gasteiger charge is -2.13. The van der Waals surface area contributed by atoms with E-state index in [9.17, 15) is 4.79 Å². The van der Waals surface area contributed by atoms with Crippen molar-refractivity contribution >= 4 is 6.03 Å². The number of carbonyl (C=O) groups excluding carboxylic acids is 1. The first kappa shape index (κ1) is 13.3. The molecule has 2 N–H and O–H groups in total. The average molecular weight is 229 g/mol. The lowest BCUT2D eigenvalue weighted by molar-refractivity contribution is 0.117. The number of nitrogens with zero attached hydrogens (tertiary/aromatic N) is 1. The van der Waals surface area contributed by atoms with Crippen molar-refractivity contribution in [3.8, 4) is 0 Å². The van der Waals surface area contributed by atoms with Gasteiger partial charge in [-0.3, -0.25) is 0 Å². The van der Waals surface area contributed by atoms with Gasteiger partial charge in [0.25, 0.3) is 0 Å². The van der Waals surface area contributed by atoms with Crippen LogP contribution >= 0.6 is 0 Å². The minimum Gasteiger partial charge on any atom is -0.378 e. The van der Waals surface area contributed by atoms with Gasteiger partial charge in [0.2, 0.25) is 0 Å². The summed E-state index contributed by atoms with van der Waals surface area (Å²) in [5.74, 6) is 0. The Hall–Kier alpha value is -0.810. The van der Waals surface area contributed by atoms with Gasteiger partial charge in [-0.15, -0.1) is 0 Å². The van der Waals surface area contributed by atoms with Crippen LogP contribution in [0, 0.1) is 0 Å². The quantitative estimate of drug-likeness (QED) is 0.563. The van der Waals surface area contributed by atoms with Crippen LogP contribution in [0.15, 0.2) is 0 Å². The molecule has 0 aromatic carbocycles. The zero-order valence-electron chi connectivity index (χ0n) is 10.1. The first-order chi connectivity index (χ1) is 7.84. The normalized spacial score (nSPS) is 15.6. The van der Waals surface area contributed by atoms with E-state index in [0.29, 0.717) is 13.2 Å². The van der Waals surface area contributed by atoms with E-state index in [1.165, 1.54) is 12.8 Å². The number of unbranched alkanes of at least 4 members (excludes halogenated alkanes) is 1. The van der Waals surface area contributed by atoms with Crippen molar-refractivity contribution in [3.63, 3.8) is 0 Å². The molecule has 0 aromatic rings. The number of hydrogen-bond acceptors (Lipinski definition) is 3. The van der Waals surface area contributed by atoms with E-state index >= 15 is 0 Å². The van der Waals surface area contributed by atoms with Crippen molar-refractivity contribution in [2.45, 2.75) is 19.8 Å². The van der Waals surface area contributed by atoms with E-state index in [-0.39, 0.29) is 6.03 Å². The minimum atomic E-state index is 0.0321. The fourth-order valence-electron chi connectivity index (χ4n) is 1.57. The smallest absolute Gasteiger partial charge is 0.317 e. The maximum absolute atomic E-state index is 11.2. The van der Waals surface area contributed by atoms with Gasteiger partial charge in [0, 0.05) is 26.2 Å². The van der Waals surface area contributed by atoms with Gasteiger partial charge in [0.1, 0.15) is 0 Å². The zero-order valence-corrected chi connectivity index (χ0v) is 10.1. The molecule has 2 amide bonds. The molecule has 0 bridgehead atoms. The lowest BCUT2D eigenvalue weighted by Crippen LogP contribution is -2.31. The maximum Gasteiger partial charge on any atom is 0.317 e. The molecule has 0 atom stereocenters. The van der Waals surface area contributed by atoms with Gasteiger partial charge < -0.3 is 20.3 Å². The predicted octanol–water partition coefficient (Wildman–Crippen LogP) is 0.418. The van der Waals surface area contributed by atoms with Gasteiger partial charge in [-0.2, -0.15) is 0 Å². The van der Waals surface area contributed by atoms with Crippen LogP contribution < -0.4 is 10.6 Å². The molecule has 0 saturated carbocycles. The summed E-state index contributed by atoms with van der Waals surface area (Å²) in [7, 11) is 0. The highest BCUT2D eigenvalue weighted by molar-refractivity contribution is 5.76. The highest BCUT2D eigenvalue weighted by Gasteiger charge is 2.18. The topological polar surface area (TPSA) is 53.6 Å². The number of amides is 2. The molecule has 1 heterocycles. The second kappa shape index (κ2) is 8.35. The van der Waals surface area contributed by atoms with Gasteiger partial charge >= 0.3 is 6.03 Å². The third kappa shape index (κ3) is 5.32. The molecular formula is C11H23N3O2. The minimum absolute atomic E-state index is 0.0321. The van der Waals surface area contributed by atoms with Crippen LogP contribution in [0.5, 0.6) is 0 Å². The lowest BCUT2D eigenvalue weighted by atomic mass is 10.3. The van der Waals surface area contributed by atoms with Crippen molar-refractivity contribution in [1.29, 1.82) is 0 Å². The highest BCUT2D eigenvalue weighted by Crippen LogP contribution is 1.95. The molecule has 0 radical (unpaired) electrons. The summed E-state index contributed by atoms with van der Waals surface area (Å²) in [5.41, 5.74) is 0. The van der Waals surface area contributed by atoms with Crippen molar-refractivity contribution in [2.75, 3.05) is 45.9 Å². The van der Waals surface area contributed by atoms with E-state index < -0.39 is 0 Å². The Labute approximate surface area is 97.5 Å². The third-order valence-corrected chi connectivity index (χ3v) is 2.58. The third-order valence-electron chi connectivity index (χ3n) is 2.58. The van der Waals surface area contributed by atoms with Crippen LogP contribution in [0.25, 0.3) is 0 Å². The molecule has 0 aliphatic carbocycles. The largest absolute Gasteiger partial charge is 0.378 e. The van der Waals surface area contributed by atoms with Gasteiger partial charge in [0.15, 0.2) is 0 Å². The van der Waals surface area contributed by atoms with E-state index in [2.05, 4.69) is 17.6 Å². The molecule has 1 aliphatic rings. The van der Waals surface area contributed by atoms with Gasteiger partial charge in [-0.05, 0) is 13.0 Å². The number of carbonyl (C=O) groups is 1. The van der Waals surface area contributed by atoms with E-state index in [1.807, 2.05) is 0 Å². The van der Waals surface area contributed by atoms with Crippen molar-refractivity contribution < 1.29 is 9.53 Å². The fourth-order valence-corrected chi connectivity index (χ4v) is 1.57. The van der Waals surface area contributed by atoms with Crippen LogP contribution in [-0.4, -0.2) is 56.9 Å². The summed E-state index contributed by atoms with van der Waals surface area (Å²) in [4.78, 5) is 12.9. The van der Waals surface area contributed by atoms with Gasteiger partial charge in [0.05, 0.1) is 13.2 Å². The second-order valence-corrected chi connectivity index (χ2v) is 3.93. The molecule has 1 rings (SSSR count). The van der Waals surface area contributed by atoms with Crippen LogP contribution in [0.2, 0.25) is 0 Å². The number of urea groups is 1. The van der Waals surface area contributed by atoms with Crippen LogP contribution in [-0.2, 0) is 4.74 Å². The Morgan fingerprint density at radius 1 is 1.44 bits per heavy atom. The summed E-state index contributed by atoms with van der Waals surface area (Å²) >= 11 is 0. The maximum atomic E-state index is 11.2. The van der Waals surface area contributed by atoms with Crippen LogP contribution in [0.3, 0.4) is 0 Å². The van der Waals surface area contributed by atoms with E-state index in [0.717, 1.165) is 32.8 Å². The fraction of sp³-hybridized carbons (Fsp3) is 0.909. The molecule has 5 heteroatoms. The SMILES string of the molecule is CCCCNCCOCCN1CCNC1=O. The molecule has 0 spiro atoms. The molecule has 1 fully saturated rings. The van der Waals surface area contributed by atoms with Gasteiger partial charge in [-0.25, -0.2) is 4.79 Å². The Balaban J connectivity index is 1.83. The first-order valence-corrected chi connectivity index (χ1v) is 6.16. The molecule has 1 saturated heterocycles. The van der Waals surface area contributed by atoms with E-state index in [4.69, 9.17) is 4.74 Å². The summed E-state index contributed by atoms with van der Waals surface area (Å²) < 4.78 is 5.44. The van der Waals surface area contributed by atoms with Crippen LogP contribution in [0.4, 0.5) is 4.79 Å². The first-order valence-electron chi connectivity index (χ1n) is 6.16. The van der Waals surface area contributed by atoms with Crippen molar-refractivity contribution in [1.82, 2.24) is 15.5 Å². The standard InChI is InChI=1S/C11H23N3O2/c1-2-3-4-12-6-9-16-10-8-14-7-5-13-11(14)15/h12H,2-10H2,1H3,(H,13,15). The Morgan fingerprint density at radius 2 is 2.31 bits per heavy atom. The Bertz CT molecular complexity index is 200. The Morgan fingerprint density at radius 3 is 3.00 bits per heavy atom. The van der Waals surface area contributed by atoms with Crippen molar-refractivity contribution in [2.24, 2.45) is 0 Å². The predicted molar refractivity (Wildman–Crippen MR) is 63.6 cm³/mol. The number of ether oxygens (including phenoxy) is 1. The van der Waals surface area contributed by atoms with Crippen LogP contribution in [0.1, 0.15) is 19.8 Å². The average Bonchev–Trinajstić information content (AvgIpc) is 2.68. The molecule has 16 heavy (non-hydrogen) atoms. The summed E-state index contributed by atoms with van der Waals surface area (Å²) in [6.07, 6.45) is 2.44. The molecule has 1 aliphatic heterocycles. The van der Waals surface area contributed by atoms with Crippen molar-refractivity contribution in [3.05, 3.63) is 0 Å². The van der Waals surface area contributed by atoms with Gasteiger partial charge in [-0.1, -0.05) is 13.3 Å². The zero-order chi connectivity index (χ0) is 11.6. The molecule has 0 unspecified atom stereocenters. The summed E-state index contributed by atoms with van der Waals surface area (Å²) in [6.45, 7) is 7.75. The molecular weight excluding hydrogens is 206 g/mol. The number of rotatable bonds is 9. The monoisotopic (exact) mass is 229 g/mol. The summed E-state index contributed by atoms with van der Waals surface area (Å²) in [6, 6.07) is 0.0321. The summed E-state index contributed by atoms with van der Waals surface area (Å²) in [5, 5.41) is 6.07. The molecule has 0 aromatic heterocycles. The van der Waals surface area contributed by atoms with E-state index in [1.54, 1.807) is 4.90 Å². The highest BCUT2D eigenvalue weighted by atomic mass is 16.5. The second-order valence-electron chi connectivity index (χ2n) is 3.93. The number of nitrogens with one attached hydrogen (secondary N) is 2.